The Kier molecular flexibility index (Phi) is 5.92. The quantitative estimate of drug-likeness (QED) is 0.830. The fourth-order valence-electron chi connectivity index (χ4n) is 2.42. The van der Waals surface area contributed by atoms with E-state index in [0.29, 0.717) is 6.54 Å². The number of aliphatic hydroxyl groups excluding tert-OH is 1. The van der Waals surface area contributed by atoms with E-state index in [-0.39, 0.29) is 18.6 Å². The molecule has 0 heterocycles. The number of hydrogen-bond donors (Lipinski definition) is 1. The van der Waals surface area contributed by atoms with E-state index >= 15 is 0 Å². The molecule has 2 aromatic carbocycles. The van der Waals surface area contributed by atoms with Crippen LogP contribution in [0.15, 0.2) is 72.8 Å². The molecule has 2 aromatic rings. The van der Waals surface area contributed by atoms with Gasteiger partial charge in [0.05, 0.1) is 12.6 Å². The number of nitrogens with zero attached hydrogens (tertiary/aromatic N) is 1. The minimum absolute atomic E-state index is 0.103. The number of benzene rings is 2. The van der Waals surface area contributed by atoms with E-state index in [1.54, 1.807) is 11.0 Å². The molecule has 0 aliphatic rings. The van der Waals surface area contributed by atoms with Gasteiger partial charge in [0.2, 0.25) is 5.91 Å². The van der Waals surface area contributed by atoms with Gasteiger partial charge in [0.25, 0.3) is 0 Å². The van der Waals surface area contributed by atoms with Crippen molar-refractivity contribution in [2.75, 3.05) is 6.61 Å². The molecule has 0 saturated heterocycles. The summed E-state index contributed by atoms with van der Waals surface area (Å²) in [6.45, 7) is 2.17. The van der Waals surface area contributed by atoms with E-state index in [2.05, 4.69) is 0 Å². The van der Waals surface area contributed by atoms with E-state index < -0.39 is 0 Å². The highest BCUT2D eigenvalue weighted by Crippen LogP contribution is 2.23. The minimum atomic E-state index is -0.356. The normalized spacial score (nSPS) is 12.3. The molecule has 2 rings (SSSR count). The van der Waals surface area contributed by atoms with Crippen LogP contribution in [0.3, 0.4) is 0 Å². The van der Waals surface area contributed by atoms with Crippen LogP contribution in [-0.4, -0.2) is 22.5 Å². The van der Waals surface area contributed by atoms with Crippen molar-refractivity contribution in [3.05, 3.63) is 83.9 Å². The number of carbonyl (C=O) groups excluding carboxylic acids is 1. The lowest BCUT2D eigenvalue weighted by Crippen LogP contribution is -2.35. The van der Waals surface area contributed by atoms with Gasteiger partial charge in [0.1, 0.15) is 0 Å². The highest BCUT2D eigenvalue weighted by molar-refractivity contribution is 5.87. The third-order valence-corrected chi connectivity index (χ3v) is 3.52. The maximum atomic E-state index is 12.4. The second-order valence-corrected chi connectivity index (χ2v) is 5.06. The van der Waals surface area contributed by atoms with Crippen molar-refractivity contribution < 1.29 is 9.90 Å². The first-order chi connectivity index (χ1) is 10.8. The van der Waals surface area contributed by atoms with Gasteiger partial charge in [-0.2, -0.15) is 0 Å². The Morgan fingerprint density at radius 3 is 2.23 bits per heavy atom. The lowest BCUT2D eigenvalue weighted by Gasteiger charge is -2.30. The van der Waals surface area contributed by atoms with Crippen molar-refractivity contribution in [3.63, 3.8) is 0 Å². The van der Waals surface area contributed by atoms with Crippen LogP contribution < -0.4 is 0 Å². The Hall–Kier alpha value is -2.39. The summed E-state index contributed by atoms with van der Waals surface area (Å²) in [5.74, 6) is -0.103. The van der Waals surface area contributed by atoms with Crippen molar-refractivity contribution in [1.82, 2.24) is 4.90 Å². The van der Waals surface area contributed by atoms with Gasteiger partial charge >= 0.3 is 0 Å². The van der Waals surface area contributed by atoms with Crippen molar-refractivity contribution >= 4 is 5.91 Å². The zero-order valence-electron chi connectivity index (χ0n) is 12.7. The van der Waals surface area contributed by atoms with E-state index in [0.717, 1.165) is 11.1 Å². The largest absolute Gasteiger partial charge is 0.394 e. The third kappa shape index (κ3) is 4.06. The van der Waals surface area contributed by atoms with Gasteiger partial charge in [-0.25, -0.2) is 0 Å². The zero-order chi connectivity index (χ0) is 15.8. The standard InChI is InChI=1S/C19H21NO2/c1-2-9-19(22)20(14-16-10-5-3-6-11-16)18(15-21)17-12-7-4-8-13-17/h2-13,18,21H,14-15H2,1H3/b9-2+/t18-/m0/s1. The minimum Gasteiger partial charge on any atom is -0.394 e. The smallest absolute Gasteiger partial charge is 0.247 e. The lowest BCUT2D eigenvalue weighted by atomic mass is 10.0. The number of hydrogen-bond acceptors (Lipinski definition) is 2. The van der Waals surface area contributed by atoms with Crippen LogP contribution in [0.1, 0.15) is 24.1 Å². The van der Waals surface area contributed by atoms with E-state index in [4.69, 9.17) is 0 Å². The van der Waals surface area contributed by atoms with Crippen LogP contribution >= 0.6 is 0 Å². The molecule has 0 aromatic heterocycles. The molecule has 0 radical (unpaired) electrons. The fourth-order valence-corrected chi connectivity index (χ4v) is 2.42. The summed E-state index contributed by atoms with van der Waals surface area (Å²) in [6, 6.07) is 19.1. The summed E-state index contributed by atoms with van der Waals surface area (Å²) in [6.07, 6.45) is 3.26. The number of carbonyl (C=O) groups is 1. The molecule has 1 N–H and O–H groups in total. The molecule has 22 heavy (non-hydrogen) atoms. The predicted molar refractivity (Wildman–Crippen MR) is 88.1 cm³/mol. The molecular formula is C19H21NO2. The maximum Gasteiger partial charge on any atom is 0.247 e. The van der Waals surface area contributed by atoms with Gasteiger partial charge in [-0.1, -0.05) is 66.7 Å². The van der Waals surface area contributed by atoms with Gasteiger partial charge in [0, 0.05) is 6.54 Å². The first-order valence-electron chi connectivity index (χ1n) is 7.39. The van der Waals surface area contributed by atoms with Crippen LogP contribution in [-0.2, 0) is 11.3 Å². The second-order valence-electron chi connectivity index (χ2n) is 5.06. The van der Waals surface area contributed by atoms with E-state index in [1.165, 1.54) is 6.08 Å². The van der Waals surface area contributed by atoms with Crippen LogP contribution in [0.5, 0.6) is 0 Å². The Labute approximate surface area is 131 Å². The molecular weight excluding hydrogens is 274 g/mol. The summed E-state index contributed by atoms with van der Waals surface area (Å²) in [7, 11) is 0. The fraction of sp³-hybridized carbons (Fsp3) is 0.211. The first-order valence-corrected chi connectivity index (χ1v) is 7.39. The predicted octanol–water partition coefficient (Wildman–Crippen LogP) is 3.32. The van der Waals surface area contributed by atoms with Crippen LogP contribution in [0.25, 0.3) is 0 Å². The number of amides is 1. The van der Waals surface area contributed by atoms with Gasteiger partial charge in [0.15, 0.2) is 0 Å². The summed E-state index contributed by atoms with van der Waals surface area (Å²) >= 11 is 0. The number of rotatable bonds is 6. The van der Waals surface area contributed by atoms with Crippen LogP contribution in [0.4, 0.5) is 0 Å². The molecule has 0 spiro atoms. The number of aliphatic hydroxyl groups is 1. The molecule has 1 atom stereocenters. The van der Waals surface area contributed by atoms with Crippen molar-refractivity contribution in [3.8, 4) is 0 Å². The van der Waals surface area contributed by atoms with Crippen molar-refractivity contribution in [2.24, 2.45) is 0 Å². The van der Waals surface area contributed by atoms with Gasteiger partial charge in [-0.05, 0) is 24.1 Å². The molecule has 0 bridgehead atoms. The number of allylic oxidation sites excluding steroid dienone is 1. The average molecular weight is 295 g/mol. The Morgan fingerprint density at radius 1 is 1.09 bits per heavy atom. The van der Waals surface area contributed by atoms with Crippen molar-refractivity contribution in [2.45, 2.75) is 19.5 Å². The van der Waals surface area contributed by atoms with Crippen molar-refractivity contribution in [1.29, 1.82) is 0 Å². The highest BCUT2D eigenvalue weighted by atomic mass is 16.3. The highest BCUT2D eigenvalue weighted by Gasteiger charge is 2.23. The Morgan fingerprint density at radius 2 is 1.68 bits per heavy atom. The van der Waals surface area contributed by atoms with E-state index in [9.17, 15) is 9.90 Å². The molecule has 0 fully saturated rings. The SMILES string of the molecule is C/C=C/C(=O)N(Cc1ccccc1)[C@@H](CO)c1ccccc1. The van der Waals surface area contributed by atoms with Gasteiger partial charge in [-0.15, -0.1) is 0 Å². The lowest BCUT2D eigenvalue weighted by molar-refractivity contribution is -0.130. The molecule has 3 heteroatoms. The van der Waals surface area contributed by atoms with E-state index in [1.807, 2.05) is 67.6 Å². The molecule has 0 aliphatic carbocycles. The Bertz CT molecular complexity index is 608. The van der Waals surface area contributed by atoms with Crippen LogP contribution in [0.2, 0.25) is 0 Å². The summed E-state index contributed by atoms with van der Waals surface area (Å²) in [5, 5.41) is 9.83. The van der Waals surface area contributed by atoms with Gasteiger partial charge in [-0.3, -0.25) is 4.79 Å². The molecule has 3 nitrogen and oxygen atoms in total. The molecule has 0 aliphatic heterocycles. The molecule has 0 unspecified atom stereocenters. The second kappa shape index (κ2) is 8.15. The molecule has 114 valence electrons. The average Bonchev–Trinajstić information content (AvgIpc) is 2.57. The topological polar surface area (TPSA) is 40.5 Å². The molecule has 1 amide bonds. The Balaban J connectivity index is 2.32. The van der Waals surface area contributed by atoms with Gasteiger partial charge < -0.3 is 10.0 Å². The third-order valence-electron chi connectivity index (χ3n) is 3.52. The maximum absolute atomic E-state index is 12.4. The summed E-state index contributed by atoms with van der Waals surface area (Å²) in [4.78, 5) is 14.1. The summed E-state index contributed by atoms with van der Waals surface area (Å²) in [5.41, 5.74) is 1.97. The van der Waals surface area contributed by atoms with Crippen LogP contribution in [0, 0.1) is 0 Å². The zero-order valence-corrected chi connectivity index (χ0v) is 12.7. The monoisotopic (exact) mass is 295 g/mol. The summed E-state index contributed by atoms with van der Waals surface area (Å²) < 4.78 is 0. The molecule has 0 saturated carbocycles. The first kappa shape index (κ1) is 16.0.